The van der Waals surface area contributed by atoms with Gasteiger partial charge in [0, 0.05) is 24.5 Å². The lowest BCUT2D eigenvalue weighted by molar-refractivity contribution is 0.865. The normalized spacial score (nSPS) is 8.94. The highest BCUT2D eigenvalue weighted by atomic mass is 35.5. The van der Waals surface area contributed by atoms with Crippen molar-refractivity contribution in [1.29, 1.82) is 0 Å². The van der Waals surface area contributed by atoms with Crippen molar-refractivity contribution in [1.82, 2.24) is 0 Å². The van der Waals surface area contributed by atoms with Gasteiger partial charge in [-0.25, -0.2) is 0 Å². The Balaban J connectivity index is 0. The highest BCUT2D eigenvalue weighted by Crippen LogP contribution is 2.21. The van der Waals surface area contributed by atoms with Gasteiger partial charge in [0.15, 0.2) is 0 Å². The topological polar surface area (TPSA) is 29.3 Å². The van der Waals surface area contributed by atoms with Crippen LogP contribution in [0.2, 0.25) is 0 Å². The molecule has 94 valence electrons. The minimum Gasteiger partial charge on any atom is -0.399 e. The molecule has 0 spiro atoms. The molecule has 0 aliphatic heterocycles. The highest BCUT2D eigenvalue weighted by Gasteiger charge is 2.03. The number of nitrogens with zero attached hydrogens (tertiary/aromatic N) is 1. The van der Waals surface area contributed by atoms with Crippen LogP contribution in [0.3, 0.4) is 0 Å². The number of anilines is 2. The van der Waals surface area contributed by atoms with Gasteiger partial charge in [-0.1, -0.05) is 6.92 Å². The van der Waals surface area contributed by atoms with Gasteiger partial charge in [-0.15, -0.1) is 24.8 Å². The summed E-state index contributed by atoms with van der Waals surface area (Å²) in [5, 5.41) is 0. The Kier molecular flexibility index (Phi) is 9.49. The summed E-state index contributed by atoms with van der Waals surface area (Å²) in [5.41, 5.74) is 9.29. The van der Waals surface area contributed by atoms with Crippen LogP contribution in [0.4, 0.5) is 11.4 Å². The number of hydrogen-bond acceptors (Lipinski definition) is 2. The van der Waals surface area contributed by atoms with Crippen LogP contribution in [0.15, 0.2) is 18.2 Å². The van der Waals surface area contributed by atoms with Crippen molar-refractivity contribution in [2.75, 3.05) is 23.7 Å². The van der Waals surface area contributed by atoms with Gasteiger partial charge in [-0.05, 0) is 44.0 Å². The average molecular weight is 265 g/mol. The first kappa shape index (κ1) is 17.8. The predicted octanol–water partition coefficient (Wildman–Crippen LogP) is 3.52. The monoisotopic (exact) mass is 264 g/mol. The Morgan fingerprint density at radius 3 is 2.06 bits per heavy atom. The molecule has 2 nitrogen and oxygen atoms in total. The molecule has 0 aliphatic carbocycles. The van der Waals surface area contributed by atoms with Gasteiger partial charge in [-0.2, -0.15) is 0 Å². The van der Waals surface area contributed by atoms with Crippen LogP contribution in [0, 0.1) is 0 Å². The molecule has 0 saturated carbocycles. The van der Waals surface area contributed by atoms with Gasteiger partial charge in [0.05, 0.1) is 0 Å². The van der Waals surface area contributed by atoms with E-state index >= 15 is 0 Å². The maximum Gasteiger partial charge on any atom is 0.0370 e. The Labute approximate surface area is 111 Å². The summed E-state index contributed by atoms with van der Waals surface area (Å²) in [6.45, 7) is 8.57. The molecule has 0 radical (unpaired) electrons. The Bertz CT molecular complexity index is 299. The molecule has 0 aromatic heterocycles. The molecule has 1 aromatic carbocycles. The van der Waals surface area contributed by atoms with E-state index in [1.165, 1.54) is 11.3 Å². The van der Waals surface area contributed by atoms with E-state index in [0.29, 0.717) is 0 Å². The molecule has 0 atom stereocenters. The second-order valence-electron chi connectivity index (χ2n) is 3.41. The van der Waals surface area contributed by atoms with E-state index < -0.39 is 0 Å². The number of nitrogen functional groups attached to an aromatic ring is 1. The minimum absolute atomic E-state index is 0. The first-order chi connectivity index (χ1) is 6.72. The third-order valence-corrected chi connectivity index (χ3v) is 2.64. The molecular formula is C12H22Cl2N2. The maximum absolute atomic E-state index is 5.86. The second kappa shape index (κ2) is 8.54. The summed E-state index contributed by atoms with van der Waals surface area (Å²) in [6.07, 6.45) is 1.00. The van der Waals surface area contributed by atoms with E-state index in [4.69, 9.17) is 5.73 Å². The van der Waals surface area contributed by atoms with E-state index in [9.17, 15) is 0 Å². The van der Waals surface area contributed by atoms with E-state index in [2.05, 4.69) is 37.8 Å². The summed E-state index contributed by atoms with van der Waals surface area (Å²) in [7, 11) is 0. The molecule has 0 aliphatic rings. The van der Waals surface area contributed by atoms with Gasteiger partial charge in [0.25, 0.3) is 0 Å². The largest absolute Gasteiger partial charge is 0.399 e. The van der Waals surface area contributed by atoms with Gasteiger partial charge in [-0.3, -0.25) is 0 Å². The summed E-state index contributed by atoms with van der Waals surface area (Å²) in [4.78, 5) is 2.33. The zero-order valence-electron chi connectivity index (χ0n) is 10.2. The Morgan fingerprint density at radius 2 is 1.62 bits per heavy atom. The smallest absolute Gasteiger partial charge is 0.0370 e. The summed E-state index contributed by atoms with van der Waals surface area (Å²) < 4.78 is 0. The molecule has 0 unspecified atom stereocenters. The lowest BCUT2D eigenvalue weighted by Gasteiger charge is -2.22. The number of nitrogens with two attached hydrogens (primary N) is 1. The number of benzene rings is 1. The first-order valence-corrected chi connectivity index (χ1v) is 5.36. The number of halogens is 2. The lowest BCUT2D eigenvalue weighted by atomic mass is 10.1. The standard InChI is InChI=1S/C12H20N2.2ClH/c1-4-10-9-11(7-8-12(10)13)14(5-2)6-3;;/h7-9H,4-6,13H2,1-3H3;2*1H. The first-order valence-electron chi connectivity index (χ1n) is 5.36. The van der Waals surface area contributed by atoms with Crippen molar-refractivity contribution in [3.8, 4) is 0 Å². The Morgan fingerprint density at radius 1 is 1.06 bits per heavy atom. The van der Waals surface area contributed by atoms with Crippen LogP contribution >= 0.6 is 24.8 Å². The van der Waals surface area contributed by atoms with E-state index in [1.807, 2.05) is 6.07 Å². The average Bonchev–Trinajstić information content (AvgIpc) is 2.22. The molecule has 1 rings (SSSR count). The molecule has 4 heteroatoms. The van der Waals surface area contributed by atoms with Crippen LogP contribution in [0.1, 0.15) is 26.3 Å². The molecule has 16 heavy (non-hydrogen) atoms. The predicted molar refractivity (Wildman–Crippen MR) is 78.3 cm³/mol. The quantitative estimate of drug-likeness (QED) is 0.844. The number of rotatable bonds is 4. The van der Waals surface area contributed by atoms with Gasteiger partial charge in [0.1, 0.15) is 0 Å². The van der Waals surface area contributed by atoms with Gasteiger partial charge >= 0.3 is 0 Å². The lowest BCUT2D eigenvalue weighted by Crippen LogP contribution is -2.21. The van der Waals surface area contributed by atoms with E-state index in [-0.39, 0.29) is 24.8 Å². The van der Waals surface area contributed by atoms with E-state index in [1.54, 1.807) is 0 Å². The zero-order chi connectivity index (χ0) is 10.6. The summed E-state index contributed by atoms with van der Waals surface area (Å²) in [6, 6.07) is 6.30. The molecule has 0 fully saturated rings. The number of hydrogen-bond donors (Lipinski definition) is 1. The summed E-state index contributed by atoms with van der Waals surface area (Å²) in [5.74, 6) is 0. The van der Waals surface area contributed by atoms with Crippen LogP contribution in [-0.4, -0.2) is 13.1 Å². The van der Waals surface area contributed by atoms with Gasteiger partial charge < -0.3 is 10.6 Å². The fraction of sp³-hybridized carbons (Fsp3) is 0.500. The van der Waals surface area contributed by atoms with Crippen LogP contribution < -0.4 is 10.6 Å². The van der Waals surface area contributed by atoms with Crippen LogP contribution in [-0.2, 0) is 6.42 Å². The molecule has 0 heterocycles. The van der Waals surface area contributed by atoms with Crippen molar-refractivity contribution in [3.05, 3.63) is 23.8 Å². The Hall–Kier alpha value is -0.600. The molecule has 2 N–H and O–H groups in total. The fourth-order valence-corrected chi connectivity index (χ4v) is 1.68. The SMILES string of the molecule is CCc1cc(N(CC)CC)ccc1N.Cl.Cl. The second-order valence-corrected chi connectivity index (χ2v) is 3.41. The van der Waals surface area contributed by atoms with Crippen molar-refractivity contribution in [3.63, 3.8) is 0 Å². The molecule has 0 amide bonds. The van der Waals surface area contributed by atoms with Crippen molar-refractivity contribution in [2.24, 2.45) is 0 Å². The van der Waals surface area contributed by atoms with Crippen molar-refractivity contribution >= 4 is 36.2 Å². The third kappa shape index (κ3) is 4.11. The number of aryl methyl sites for hydroxylation is 1. The minimum atomic E-state index is 0. The van der Waals surface area contributed by atoms with Crippen molar-refractivity contribution < 1.29 is 0 Å². The fourth-order valence-electron chi connectivity index (χ4n) is 1.68. The highest BCUT2D eigenvalue weighted by molar-refractivity contribution is 5.85. The maximum atomic E-state index is 5.86. The van der Waals surface area contributed by atoms with Crippen LogP contribution in [0.25, 0.3) is 0 Å². The summed E-state index contributed by atoms with van der Waals surface area (Å²) >= 11 is 0. The third-order valence-electron chi connectivity index (χ3n) is 2.64. The zero-order valence-corrected chi connectivity index (χ0v) is 11.8. The van der Waals surface area contributed by atoms with Crippen LogP contribution in [0.5, 0.6) is 0 Å². The van der Waals surface area contributed by atoms with Crippen molar-refractivity contribution in [2.45, 2.75) is 27.2 Å². The molecule has 0 bridgehead atoms. The molecule has 0 saturated heterocycles. The van der Waals surface area contributed by atoms with Gasteiger partial charge in [0.2, 0.25) is 0 Å². The van der Waals surface area contributed by atoms with E-state index in [0.717, 1.165) is 25.2 Å². The molecule has 1 aromatic rings. The molecular weight excluding hydrogens is 243 g/mol.